The first-order valence-corrected chi connectivity index (χ1v) is 9.00. The number of rotatable bonds is 6. The molecule has 26 heavy (non-hydrogen) atoms. The summed E-state index contributed by atoms with van der Waals surface area (Å²) in [6, 6.07) is 13.8. The number of aromatic nitrogens is 3. The highest BCUT2D eigenvalue weighted by Gasteiger charge is 2.22. The third-order valence-corrected chi connectivity index (χ3v) is 4.63. The summed E-state index contributed by atoms with van der Waals surface area (Å²) in [6.45, 7) is 1.38. The number of likely N-dealkylation sites (N-methyl/N-ethyl adjacent to an activating group) is 1. The van der Waals surface area contributed by atoms with Gasteiger partial charge in [-0.05, 0) is 43.5 Å². The van der Waals surface area contributed by atoms with Crippen molar-refractivity contribution < 1.29 is 4.74 Å². The van der Waals surface area contributed by atoms with Crippen molar-refractivity contribution in [1.82, 2.24) is 15.0 Å². The summed E-state index contributed by atoms with van der Waals surface area (Å²) in [7, 11) is 2.07. The van der Waals surface area contributed by atoms with Crippen LogP contribution in [0.4, 0.5) is 5.82 Å². The Balaban J connectivity index is 1.54. The van der Waals surface area contributed by atoms with Gasteiger partial charge in [0.2, 0.25) is 0 Å². The van der Waals surface area contributed by atoms with Gasteiger partial charge < -0.3 is 9.64 Å². The summed E-state index contributed by atoms with van der Waals surface area (Å²) >= 11 is 0. The number of fused-ring (bicyclic) bond motifs is 1. The van der Waals surface area contributed by atoms with Crippen molar-refractivity contribution in [2.75, 3.05) is 25.1 Å². The lowest BCUT2D eigenvalue weighted by Crippen LogP contribution is -2.26. The number of aryl methyl sites for hydroxylation is 1. The molecule has 0 spiro atoms. The van der Waals surface area contributed by atoms with E-state index in [1.165, 1.54) is 11.3 Å². The van der Waals surface area contributed by atoms with Crippen molar-refractivity contribution in [2.45, 2.75) is 19.3 Å². The van der Waals surface area contributed by atoms with E-state index in [0.29, 0.717) is 6.61 Å². The lowest BCUT2D eigenvalue weighted by molar-refractivity contribution is 0.325. The van der Waals surface area contributed by atoms with Gasteiger partial charge >= 0.3 is 0 Å². The Labute approximate surface area is 153 Å². The number of hydrogen-bond acceptors (Lipinski definition) is 5. The van der Waals surface area contributed by atoms with Crippen LogP contribution in [0.2, 0.25) is 0 Å². The Morgan fingerprint density at radius 3 is 2.73 bits per heavy atom. The van der Waals surface area contributed by atoms with E-state index in [0.717, 1.165) is 48.8 Å². The molecule has 3 aromatic rings. The maximum absolute atomic E-state index is 5.84. The van der Waals surface area contributed by atoms with Gasteiger partial charge in [-0.2, -0.15) is 0 Å². The van der Waals surface area contributed by atoms with E-state index in [-0.39, 0.29) is 0 Å². The molecule has 0 atom stereocenters. The van der Waals surface area contributed by atoms with Gasteiger partial charge in [0.05, 0.1) is 6.54 Å². The molecule has 0 unspecified atom stereocenters. The average molecular weight is 346 g/mol. The Kier molecular flexibility index (Phi) is 4.78. The Morgan fingerprint density at radius 1 is 1.04 bits per heavy atom. The largest absolute Gasteiger partial charge is 0.492 e. The molecule has 2 heterocycles. The molecule has 0 bridgehead atoms. The molecule has 5 nitrogen and oxygen atoms in total. The summed E-state index contributed by atoms with van der Waals surface area (Å²) in [4.78, 5) is 16.0. The zero-order chi connectivity index (χ0) is 17.8. The van der Waals surface area contributed by atoms with Crippen LogP contribution >= 0.6 is 0 Å². The number of ether oxygens (including phenoxy) is 1. The second-order valence-corrected chi connectivity index (χ2v) is 6.47. The van der Waals surface area contributed by atoms with Crippen LogP contribution in [0.3, 0.4) is 0 Å². The average Bonchev–Trinajstić information content (AvgIpc) is 3.17. The van der Waals surface area contributed by atoms with Crippen LogP contribution in [0, 0.1) is 0 Å². The minimum absolute atomic E-state index is 0.613. The zero-order valence-electron chi connectivity index (χ0n) is 14.9. The first kappa shape index (κ1) is 16.5. The van der Waals surface area contributed by atoms with Crippen LogP contribution in [0.15, 0.2) is 54.9 Å². The van der Waals surface area contributed by atoms with Gasteiger partial charge in [-0.15, -0.1) is 0 Å². The Hall–Kier alpha value is -2.95. The number of para-hydroxylation sites is 1. The second-order valence-electron chi connectivity index (χ2n) is 6.47. The van der Waals surface area contributed by atoms with Crippen molar-refractivity contribution in [3.8, 4) is 17.1 Å². The molecule has 0 radical (unpaired) electrons. The molecule has 0 fully saturated rings. The lowest BCUT2D eigenvalue weighted by atomic mass is 10.2. The van der Waals surface area contributed by atoms with E-state index in [2.05, 4.69) is 16.9 Å². The fourth-order valence-electron chi connectivity index (χ4n) is 3.28. The van der Waals surface area contributed by atoms with Crippen molar-refractivity contribution >= 4 is 5.82 Å². The third kappa shape index (κ3) is 3.52. The molecule has 5 heteroatoms. The molecule has 132 valence electrons. The van der Waals surface area contributed by atoms with E-state index in [4.69, 9.17) is 14.7 Å². The first-order chi connectivity index (χ1) is 12.8. The zero-order valence-corrected chi connectivity index (χ0v) is 14.9. The normalized spacial score (nSPS) is 12.7. The van der Waals surface area contributed by atoms with Gasteiger partial charge in [-0.1, -0.05) is 18.2 Å². The Bertz CT molecular complexity index is 868. The molecular weight excluding hydrogens is 324 g/mol. The van der Waals surface area contributed by atoms with Gasteiger partial charge in [0.15, 0.2) is 5.82 Å². The molecule has 1 aromatic carbocycles. The third-order valence-electron chi connectivity index (χ3n) is 4.63. The molecule has 0 saturated heterocycles. The fraction of sp³-hybridized carbons (Fsp3) is 0.286. The van der Waals surface area contributed by atoms with Crippen LogP contribution in [0.5, 0.6) is 5.75 Å². The summed E-state index contributed by atoms with van der Waals surface area (Å²) in [5, 5.41) is 0. The molecule has 0 amide bonds. The van der Waals surface area contributed by atoms with Gasteiger partial charge in [0, 0.05) is 36.3 Å². The molecule has 1 aliphatic carbocycles. The van der Waals surface area contributed by atoms with Crippen LogP contribution in [-0.2, 0) is 12.8 Å². The number of pyridine rings is 1. The van der Waals surface area contributed by atoms with Crippen LogP contribution < -0.4 is 9.64 Å². The van der Waals surface area contributed by atoms with Crippen LogP contribution in [0.25, 0.3) is 11.4 Å². The molecule has 2 aromatic heterocycles. The van der Waals surface area contributed by atoms with Gasteiger partial charge in [-0.3, -0.25) is 4.98 Å². The summed E-state index contributed by atoms with van der Waals surface area (Å²) in [5.41, 5.74) is 3.40. The van der Waals surface area contributed by atoms with Gasteiger partial charge in [0.1, 0.15) is 18.2 Å². The van der Waals surface area contributed by atoms with Gasteiger partial charge in [0.25, 0.3) is 0 Å². The van der Waals surface area contributed by atoms with E-state index in [1.54, 1.807) is 6.20 Å². The number of benzene rings is 1. The number of anilines is 1. The fourth-order valence-corrected chi connectivity index (χ4v) is 3.28. The highest BCUT2D eigenvalue weighted by Crippen LogP contribution is 2.30. The monoisotopic (exact) mass is 346 g/mol. The maximum atomic E-state index is 5.84. The van der Waals surface area contributed by atoms with Crippen molar-refractivity contribution in [3.05, 3.63) is 66.1 Å². The maximum Gasteiger partial charge on any atom is 0.163 e. The SMILES string of the molecule is CN(CCOc1ccccc1)c1nc(-c2cccnc2)nc2c1CCC2. The topological polar surface area (TPSA) is 51.1 Å². The second kappa shape index (κ2) is 7.52. The molecule has 0 aliphatic heterocycles. The molecule has 1 aliphatic rings. The van der Waals surface area contributed by atoms with Crippen LogP contribution in [0.1, 0.15) is 17.7 Å². The lowest BCUT2D eigenvalue weighted by Gasteiger charge is -2.22. The minimum atomic E-state index is 0.613. The number of hydrogen-bond donors (Lipinski definition) is 0. The van der Waals surface area contributed by atoms with Crippen molar-refractivity contribution in [2.24, 2.45) is 0 Å². The predicted molar refractivity (Wildman–Crippen MR) is 102 cm³/mol. The molecular formula is C21H22N4O. The van der Waals surface area contributed by atoms with Crippen molar-refractivity contribution in [1.29, 1.82) is 0 Å². The first-order valence-electron chi connectivity index (χ1n) is 9.00. The van der Waals surface area contributed by atoms with Gasteiger partial charge in [-0.25, -0.2) is 9.97 Å². The highest BCUT2D eigenvalue weighted by molar-refractivity contribution is 5.60. The summed E-state index contributed by atoms with van der Waals surface area (Å²) in [6.07, 6.45) is 6.79. The van der Waals surface area contributed by atoms with E-state index in [1.807, 2.05) is 48.7 Å². The van der Waals surface area contributed by atoms with E-state index in [9.17, 15) is 0 Å². The quantitative estimate of drug-likeness (QED) is 0.683. The van der Waals surface area contributed by atoms with Crippen molar-refractivity contribution in [3.63, 3.8) is 0 Å². The molecule has 0 N–H and O–H groups in total. The summed E-state index contributed by atoms with van der Waals surface area (Å²) < 4.78 is 5.84. The standard InChI is InChI=1S/C21H22N4O/c1-25(13-14-26-17-8-3-2-4-9-17)21-18-10-5-11-19(18)23-20(24-21)16-7-6-12-22-15-16/h2-4,6-9,12,15H,5,10-11,13-14H2,1H3. The molecule has 4 rings (SSSR count). The summed E-state index contributed by atoms with van der Waals surface area (Å²) in [5.74, 6) is 2.66. The highest BCUT2D eigenvalue weighted by atomic mass is 16.5. The van der Waals surface area contributed by atoms with E-state index < -0.39 is 0 Å². The smallest absolute Gasteiger partial charge is 0.163 e. The Morgan fingerprint density at radius 2 is 1.92 bits per heavy atom. The number of nitrogens with zero attached hydrogens (tertiary/aromatic N) is 4. The molecule has 0 saturated carbocycles. The predicted octanol–water partition coefficient (Wildman–Crippen LogP) is 3.54. The van der Waals surface area contributed by atoms with E-state index >= 15 is 0 Å². The van der Waals surface area contributed by atoms with Crippen LogP contribution in [-0.4, -0.2) is 35.2 Å². The minimum Gasteiger partial charge on any atom is -0.492 e.